The molecule has 3 heterocycles. The van der Waals surface area contributed by atoms with Crippen molar-refractivity contribution < 1.29 is 13.2 Å². The van der Waals surface area contributed by atoms with E-state index in [2.05, 4.69) is 30.5 Å². The minimum Gasteiger partial charge on any atom is -0.360 e. The summed E-state index contributed by atoms with van der Waals surface area (Å²) in [5.41, 5.74) is -0.554. The molecule has 1 N–H and O–H groups in total. The summed E-state index contributed by atoms with van der Waals surface area (Å²) < 4.78 is 40.0. The highest BCUT2D eigenvalue weighted by Gasteiger charge is 2.34. The van der Waals surface area contributed by atoms with Gasteiger partial charge < -0.3 is 5.32 Å². The number of rotatable bonds is 5. The van der Waals surface area contributed by atoms with Gasteiger partial charge in [0.05, 0.1) is 0 Å². The van der Waals surface area contributed by atoms with Crippen LogP contribution in [0.25, 0.3) is 11.4 Å². The Hall–Kier alpha value is -2.27. The van der Waals surface area contributed by atoms with Gasteiger partial charge in [-0.3, -0.25) is 4.98 Å². The van der Waals surface area contributed by atoms with Crippen LogP contribution < -0.4 is 5.32 Å². The van der Waals surface area contributed by atoms with E-state index in [9.17, 15) is 13.2 Å². The second kappa shape index (κ2) is 7.31. The van der Waals surface area contributed by atoms with Crippen LogP contribution in [0.15, 0.2) is 40.0 Å². The molecule has 0 saturated heterocycles. The fourth-order valence-corrected chi connectivity index (χ4v) is 3.58. The van der Waals surface area contributed by atoms with Crippen molar-refractivity contribution in [3.63, 3.8) is 0 Å². The van der Waals surface area contributed by atoms with Gasteiger partial charge in [0.15, 0.2) is 10.2 Å². The topological polar surface area (TPSA) is 76.5 Å². The summed E-state index contributed by atoms with van der Waals surface area (Å²) in [5, 5.41) is 11.6. The van der Waals surface area contributed by atoms with E-state index in [0.29, 0.717) is 21.6 Å². The molecule has 0 atom stereocenters. The minimum absolute atomic E-state index is 0.0175. The summed E-state index contributed by atoms with van der Waals surface area (Å²) in [6, 6.07) is 4.01. The lowest BCUT2D eigenvalue weighted by atomic mass is 10.2. The molecule has 0 amide bonds. The summed E-state index contributed by atoms with van der Waals surface area (Å²) in [4.78, 5) is 11.7. The van der Waals surface area contributed by atoms with Gasteiger partial charge in [0.2, 0.25) is 5.13 Å². The molecular weight excluding hydrogens is 373 g/mol. The summed E-state index contributed by atoms with van der Waals surface area (Å²) in [6.45, 7) is 2.59. The number of halogens is 3. The van der Waals surface area contributed by atoms with E-state index in [-0.39, 0.29) is 10.9 Å². The summed E-state index contributed by atoms with van der Waals surface area (Å²) in [6.07, 6.45) is -1.63. The molecule has 0 radical (unpaired) electrons. The second-order valence-corrected chi connectivity index (χ2v) is 6.90. The van der Waals surface area contributed by atoms with Crippen molar-refractivity contribution >= 4 is 28.2 Å². The van der Waals surface area contributed by atoms with Gasteiger partial charge >= 0.3 is 6.18 Å². The van der Waals surface area contributed by atoms with Crippen molar-refractivity contribution in [3.8, 4) is 11.4 Å². The molecule has 3 aromatic heterocycles. The van der Waals surface area contributed by atoms with Crippen LogP contribution in [0.3, 0.4) is 0 Å². The maximum absolute atomic E-state index is 13.2. The van der Waals surface area contributed by atoms with Crippen molar-refractivity contribution in [3.05, 3.63) is 36.3 Å². The second-order valence-electron chi connectivity index (χ2n) is 4.65. The standard InChI is InChI=1S/C14H11F3N6S2/c1-2-19-12-22-23-13(25-12)24-10-7-9(14(15,16)17)20-11(21-10)8-3-5-18-6-4-8/h3-7H,2H2,1H3,(H,19,22). The number of pyridine rings is 1. The molecule has 0 aliphatic heterocycles. The van der Waals surface area contributed by atoms with E-state index < -0.39 is 11.9 Å². The van der Waals surface area contributed by atoms with Crippen LogP contribution in [-0.4, -0.2) is 31.7 Å². The summed E-state index contributed by atoms with van der Waals surface area (Å²) >= 11 is 2.26. The SMILES string of the molecule is CCNc1nnc(Sc2cc(C(F)(F)F)nc(-c3ccncc3)n2)s1. The van der Waals surface area contributed by atoms with E-state index in [1.54, 1.807) is 12.1 Å². The minimum atomic E-state index is -4.57. The number of hydrogen-bond donors (Lipinski definition) is 1. The highest BCUT2D eigenvalue weighted by atomic mass is 32.2. The predicted octanol–water partition coefficient (Wildman–Crippen LogP) is 3.99. The molecule has 6 nitrogen and oxygen atoms in total. The Kier molecular flexibility index (Phi) is 5.13. The molecule has 130 valence electrons. The number of nitrogens with zero attached hydrogens (tertiary/aromatic N) is 5. The molecule has 0 aliphatic rings. The fourth-order valence-electron chi connectivity index (χ4n) is 1.82. The summed E-state index contributed by atoms with van der Waals surface area (Å²) in [5.74, 6) is -0.0175. The number of aromatic nitrogens is 5. The smallest absolute Gasteiger partial charge is 0.360 e. The van der Waals surface area contributed by atoms with Gasteiger partial charge in [0, 0.05) is 30.6 Å². The van der Waals surface area contributed by atoms with Gasteiger partial charge in [0.25, 0.3) is 0 Å². The number of nitrogens with one attached hydrogen (secondary N) is 1. The molecule has 25 heavy (non-hydrogen) atoms. The van der Waals surface area contributed by atoms with Crippen molar-refractivity contribution in [1.82, 2.24) is 25.1 Å². The first kappa shape index (κ1) is 17.5. The van der Waals surface area contributed by atoms with Crippen LogP contribution in [0.2, 0.25) is 0 Å². The molecule has 0 aliphatic carbocycles. The van der Waals surface area contributed by atoms with E-state index in [1.165, 1.54) is 23.7 Å². The summed E-state index contributed by atoms with van der Waals surface area (Å²) in [7, 11) is 0. The Morgan fingerprint density at radius 3 is 2.60 bits per heavy atom. The average Bonchev–Trinajstić information content (AvgIpc) is 3.02. The van der Waals surface area contributed by atoms with Crippen LogP contribution in [0, 0.1) is 0 Å². The van der Waals surface area contributed by atoms with Crippen LogP contribution in [0.4, 0.5) is 18.3 Å². The molecule has 11 heteroatoms. The Labute approximate surface area is 149 Å². The van der Waals surface area contributed by atoms with Crippen molar-refractivity contribution in [2.75, 3.05) is 11.9 Å². The number of anilines is 1. The average molecular weight is 384 g/mol. The monoisotopic (exact) mass is 384 g/mol. The number of hydrogen-bond acceptors (Lipinski definition) is 8. The van der Waals surface area contributed by atoms with Crippen LogP contribution in [0.1, 0.15) is 12.6 Å². The normalized spacial score (nSPS) is 11.5. The maximum Gasteiger partial charge on any atom is 0.433 e. The van der Waals surface area contributed by atoms with Gasteiger partial charge in [0.1, 0.15) is 10.7 Å². The fraction of sp³-hybridized carbons (Fsp3) is 0.214. The highest BCUT2D eigenvalue weighted by Crippen LogP contribution is 2.35. The highest BCUT2D eigenvalue weighted by molar-refractivity contribution is 8.01. The third-order valence-electron chi connectivity index (χ3n) is 2.86. The Morgan fingerprint density at radius 1 is 1.16 bits per heavy atom. The van der Waals surface area contributed by atoms with E-state index in [0.717, 1.165) is 17.8 Å². The number of alkyl halides is 3. The molecule has 3 rings (SSSR count). The van der Waals surface area contributed by atoms with Crippen molar-refractivity contribution in [2.45, 2.75) is 22.5 Å². The van der Waals surface area contributed by atoms with Gasteiger partial charge in [-0.1, -0.05) is 11.3 Å². The maximum atomic E-state index is 13.2. The first-order valence-electron chi connectivity index (χ1n) is 7.07. The van der Waals surface area contributed by atoms with Crippen molar-refractivity contribution in [1.29, 1.82) is 0 Å². The first-order valence-corrected chi connectivity index (χ1v) is 8.71. The van der Waals surface area contributed by atoms with Crippen LogP contribution in [-0.2, 0) is 6.18 Å². The van der Waals surface area contributed by atoms with Crippen LogP contribution >= 0.6 is 23.1 Å². The van der Waals surface area contributed by atoms with Gasteiger partial charge in [-0.05, 0) is 30.8 Å². The molecule has 0 bridgehead atoms. The zero-order valence-corrected chi connectivity index (χ0v) is 14.4. The van der Waals surface area contributed by atoms with Gasteiger partial charge in [-0.2, -0.15) is 13.2 Å². The Bertz CT molecular complexity index is 853. The lowest BCUT2D eigenvalue weighted by molar-refractivity contribution is -0.141. The largest absolute Gasteiger partial charge is 0.433 e. The zero-order valence-electron chi connectivity index (χ0n) is 12.8. The van der Waals surface area contributed by atoms with E-state index in [1.807, 2.05) is 6.92 Å². The van der Waals surface area contributed by atoms with Crippen molar-refractivity contribution in [2.24, 2.45) is 0 Å². The quantitative estimate of drug-likeness (QED) is 0.667. The Balaban J connectivity index is 1.97. The molecule has 0 aromatic carbocycles. The third kappa shape index (κ3) is 4.42. The van der Waals surface area contributed by atoms with Gasteiger partial charge in [-0.15, -0.1) is 10.2 Å². The lowest BCUT2D eigenvalue weighted by Crippen LogP contribution is -2.10. The van der Waals surface area contributed by atoms with E-state index >= 15 is 0 Å². The molecule has 0 unspecified atom stereocenters. The molecular formula is C14H11F3N6S2. The van der Waals surface area contributed by atoms with E-state index in [4.69, 9.17) is 0 Å². The lowest BCUT2D eigenvalue weighted by Gasteiger charge is -2.09. The third-order valence-corrected chi connectivity index (χ3v) is 4.71. The molecule has 0 spiro atoms. The molecule has 0 saturated carbocycles. The van der Waals surface area contributed by atoms with Gasteiger partial charge in [-0.25, -0.2) is 9.97 Å². The first-order chi connectivity index (χ1) is 12.0. The zero-order chi connectivity index (χ0) is 17.9. The predicted molar refractivity (Wildman–Crippen MR) is 88.5 cm³/mol. The molecule has 3 aromatic rings. The van der Waals surface area contributed by atoms with Crippen LogP contribution in [0.5, 0.6) is 0 Å². The molecule has 0 fully saturated rings. The Morgan fingerprint density at radius 2 is 1.92 bits per heavy atom.